The Hall–Kier alpha value is -3.63. The topological polar surface area (TPSA) is 113 Å². The molecule has 4 rings (SSSR count). The number of rotatable bonds is 4. The summed E-state index contributed by atoms with van der Waals surface area (Å²) in [5, 5.41) is 10.2. The molecular weight excluding hydrogens is 427 g/mol. The summed E-state index contributed by atoms with van der Waals surface area (Å²) in [6.07, 6.45) is 2.28. The number of halogens is 3. The highest BCUT2D eigenvalue weighted by Gasteiger charge is 2.38. The van der Waals surface area contributed by atoms with Gasteiger partial charge in [-0.3, -0.25) is 4.79 Å². The number of hydrogen-bond donors (Lipinski definition) is 3. The number of alkyl halides is 3. The van der Waals surface area contributed by atoms with Crippen LogP contribution in [0.1, 0.15) is 35.8 Å². The third kappa shape index (κ3) is 5.74. The number of aromatic amines is 1. The molecule has 8 nitrogen and oxygen atoms in total. The van der Waals surface area contributed by atoms with E-state index in [0.717, 1.165) is 47.7 Å². The molecule has 1 aliphatic rings. The van der Waals surface area contributed by atoms with E-state index in [1.165, 1.54) is 0 Å². The van der Waals surface area contributed by atoms with Crippen LogP contribution in [0.5, 0.6) is 0 Å². The van der Waals surface area contributed by atoms with E-state index < -0.39 is 12.1 Å². The fraction of sp³-hybridized carbons (Fsp3) is 0.333. The number of aromatic nitrogens is 4. The zero-order chi connectivity index (χ0) is 23.3. The summed E-state index contributed by atoms with van der Waals surface area (Å²) in [4.78, 5) is 33.2. The van der Waals surface area contributed by atoms with E-state index in [0.29, 0.717) is 6.54 Å². The zero-order valence-corrected chi connectivity index (χ0v) is 17.2. The second kappa shape index (κ2) is 9.67. The molecular formula is C21H22F3N5O3. The van der Waals surface area contributed by atoms with Crippen molar-refractivity contribution in [2.75, 3.05) is 0 Å². The third-order valence-corrected chi connectivity index (χ3v) is 4.92. The number of nitrogens with one attached hydrogen (secondary N) is 2. The fourth-order valence-electron chi connectivity index (χ4n) is 3.39. The van der Waals surface area contributed by atoms with Gasteiger partial charge in [-0.15, -0.1) is 0 Å². The molecule has 1 atom stereocenters. The van der Waals surface area contributed by atoms with Crippen molar-refractivity contribution in [3.05, 3.63) is 60.1 Å². The number of imidazole rings is 2. The van der Waals surface area contributed by atoms with Crippen LogP contribution in [0.3, 0.4) is 0 Å². The van der Waals surface area contributed by atoms with Crippen molar-refractivity contribution in [1.29, 1.82) is 0 Å². The first-order valence-electron chi connectivity index (χ1n) is 9.84. The number of amides is 1. The summed E-state index contributed by atoms with van der Waals surface area (Å²) in [6, 6.07) is 8.13. The van der Waals surface area contributed by atoms with Gasteiger partial charge in [0.1, 0.15) is 5.82 Å². The SMILES string of the molecule is Cc1cn2c(n1)C(C(=O)NCc1ccc(-c3cnc[nH]3)cc1)CCC2.O=C(O)C(F)(F)F. The Morgan fingerprint density at radius 1 is 1.28 bits per heavy atom. The molecule has 0 spiro atoms. The van der Waals surface area contributed by atoms with Gasteiger partial charge in [-0.05, 0) is 30.9 Å². The van der Waals surface area contributed by atoms with Crippen molar-refractivity contribution in [1.82, 2.24) is 24.8 Å². The van der Waals surface area contributed by atoms with Gasteiger partial charge in [-0.25, -0.2) is 14.8 Å². The molecule has 1 unspecified atom stereocenters. The lowest BCUT2D eigenvalue weighted by atomic mass is 9.98. The third-order valence-electron chi connectivity index (χ3n) is 4.92. The van der Waals surface area contributed by atoms with Gasteiger partial charge in [-0.1, -0.05) is 24.3 Å². The highest BCUT2D eigenvalue weighted by molar-refractivity contribution is 5.83. The quantitative estimate of drug-likeness (QED) is 0.565. The number of H-pyrrole nitrogens is 1. The van der Waals surface area contributed by atoms with Crippen molar-refractivity contribution in [3.63, 3.8) is 0 Å². The van der Waals surface area contributed by atoms with Gasteiger partial charge in [0, 0.05) is 19.3 Å². The van der Waals surface area contributed by atoms with Gasteiger partial charge in [-0.2, -0.15) is 13.2 Å². The van der Waals surface area contributed by atoms with Gasteiger partial charge >= 0.3 is 12.1 Å². The molecule has 11 heteroatoms. The summed E-state index contributed by atoms with van der Waals surface area (Å²) in [5.41, 5.74) is 4.12. The van der Waals surface area contributed by atoms with Crippen molar-refractivity contribution in [2.45, 2.75) is 44.9 Å². The van der Waals surface area contributed by atoms with Gasteiger partial charge in [0.15, 0.2) is 0 Å². The van der Waals surface area contributed by atoms with E-state index in [1.54, 1.807) is 12.5 Å². The number of hydrogen-bond acceptors (Lipinski definition) is 4. The molecule has 0 saturated heterocycles. The molecule has 3 N–H and O–H groups in total. The maximum Gasteiger partial charge on any atom is 0.490 e. The maximum atomic E-state index is 12.6. The smallest absolute Gasteiger partial charge is 0.475 e. The van der Waals surface area contributed by atoms with Crippen LogP contribution in [-0.2, 0) is 22.7 Å². The number of carbonyl (C=O) groups excluding carboxylic acids is 1. The molecule has 0 saturated carbocycles. The number of nitrogens with zero attached hydrogens (tertiary/aromatic N) is 3. The van der Waals surface area contributed by atoms with Crippen molar-refractivity contribution < 1.29 is 27.9 Å². The number of carboxylic acid groups (broad SMARTS) is 1. The lowest BCUT2D eigenvalue weighted by Crippen LogP contribution is -2.32. The molecule has 32 heavy (non-hydrogen) atoms. The van der Waals surface area contributed by atoms with Crippen LogP contribution in [0.25, 0.3) is 11.3 Å². The summed E-state index contributed by atoms with van der Waals surface area (Å²) < 4.78 is 33.8. The van der Waals surface area contributed by atoms with E-state index in [2.05, 4.69) is 24.8 Å². The summed E-state index contributed by atoms with van der Waals surface area (Å²) in [5.74, 6) is -1.95. The molecule has 170 valence electrons. The monoisotopic (exact) mass is 449 g/mol. The van der Waals surface area contributed by atoms with E-state index in [-0.39, 0.29) is 11.8 Å². The minimum absolute atomic E-state index is 0.0594. The minimum Gasteiger partial charge on any atom is -0.475 e. The molecule has 0 fully saturated rings. The molecule has 0 radical (unpaired) electrons. The standard InChI is InChI=1S/C19H21N5O.C2HF3O2/c1-13-11-24-8-2-3-16(18(24)23-13)19(25)21-9-14-4-6-15(7-5-14)17-10-20-12-22-17;3-2(4,5)1(6)7/h4-7,10-12,16H,2-3,8-9H2,1H3,(H,20,22)(H,21,25);(H,6,7). The molecule has 0 bridgehead atoms. The molecule has 3 aromatic rings. The molecule has 2 aromatic heterocycles. The van der Waals surface area contributed by atoms with Crippen LogP contribution in [0.4, 0.5) is 13.2 Å². The van der Waals surface area contributed by atoms with E-state index in [9.17, 15) is 18.0 Å². The van der Waals surface area contributed by atoms with E-state index in [1.807, 2.05) is 37.4 Å². The lowest BCUT2D eigenvalue weighted by Gasteiger charge is -2.22. The second-order valence-corrected chi connectivity index (χ2v) is 7.31. The molecule has 1 aliphatic heterocycles. The molecule has 3 heterocycles. The van der Waals surface area contributed by atoms with Crippen molar-refractivity contribution in [3.8, 4) is 11.3 Å². The predicted octanol–water partition coefficient (Wildman–Crippen LogP) is 3.41. The lowest BCUT2D eigenvalue weighted by molar-refractivity contribution is -0.192. The number of benzene rings is 1. The summed E-state index contributed by atoms with van der Waals surface area (Å²) >= 11 is 0. The first kappa shape index (κ1) is 23.0. The fourth-order valence-corrected chi connectivity index (χ4v) is 3.39. The van der Waals surface area contributed by atoms with Crippen LogP contribution in [0.15, 0.2) is 43.0 Å². The van der Waals surface area contributed by atoms with Crippen LogP contribution < -0.4 is 5.32 Å². The van der Waals surface area contributed by atoms with E-state index >= 15 is 0 Å². The highest BCUT2D eigenvalue weighted by Crippen LogP contribution is 2.27. The average molecular weight is 449 g/mol. The molecule has 1 amide bonds. The average Bonchev–Trinajstić information content (AvgIpc) is 3.41. The number of aryl methyl sites for hydroxylation is 2. The first-order valence-corrected chi connectivity index (χ1v) is 9.84. The molecule has 0 aliphatic carbocycles. The Kier molecular flexibility index (Phi) is 6.96. The highest BCUT2D eigenvalue weighted by atomic mass is 19.4. The largest absolute Gasteiger partial charge is 0.490 e. The maximum absolute atomic E-state index is 12.6. The van der Waals surface area contributed by atoms with Crippen LogP contribution in [-0.4, -0.2) is 42.7 Å². The van der Waals surface area contributed by atoms with Crippen LogP contribution in [0, 0.1) is 6.92 Å². The van der Waals surface area contributed by atoms with Crippen LogP contribution >= 0.6 is 0 Å². The minimum atomic E-state index is -5.08. The number of carbonyl (C=O) groups is 2. The van der Waals surface area contributed by atoms with Gasteiger partial charge in [0.05, 0.1) is 29.8 Å². The van der Waals surface area contributed by atoms with Crippen LogP contribution in [0.2, 0.25) is 0 Å². The van der Waals surface area contributed by atoms with Gasteiger partial charge in [0.2, 0.25) is 5.91 Å². The first-order chi connectivity index (χ1) is 15.1. The number of fused-ring (bicyclic) bond motifs is 1. The van der Waals surface area contributed by atoms with Gasteiger partial charge < -0.3 is 20.0 Å². The van der Waals surface area contributed by atoms with Crippen molar-refractivity contribution in [2.24, 2.45) is 0 Å². The molecule has 1 aromatic carbocycles. The zero-order valence-electron chi connectivity index (χ0n) is 17.2. The second-order valence-electron chi connectivity index (χ2n) is 7.31. The van der Waals surface area contributed by atoms with Gasteiger partial charge in [0.25, 0.3) is 0 Å². The Morgan fingerprint density at radius 3 is 2.56 bits per heavy atom. The normalized spacial score (nSPS) is 15.3. The summed E-state index contributed by atoms with van der Waals surface area (Å²) in [6.45, 7) is 3.45. The number of carboxylic acids is 1. The van der Waals surface area contributed by atoms with E-state index in [4.69, 9.17) is 9.90 Å². The Bertz CT molecular complexity index is 1060. The predicted molar refractivity (Wildman–Crippen MR) is 109 cm³/mol. The summed E-state index contributed by atoms with van der Waals surface area (Å²) in [7, 11) is 0. The Morgan fingerprint density at radius 2 is 1.97 bits per heavy atom. The van der Waals surface area contributed by atoms with Crippen molar-refractivity contribution >= 4 is 11.9 Å². The Labute approximate surface area is 181 Å². The Balaban J connectivity index is 0.000000360. The number of aliphatic carboxylic acids is 1.